The van der Waals surface area contributed by atoms with Crippen molar-refractivity contribution in [3.63, 3.8) is 0 Å². The number of alkyl halides is 1. The largest absolute Gasteiger partial charge is 0.497 e. The summed E-state index contributed by atoms with van der Waals surface area (Å²) in [7, 11) is -2.34. The van der Waals surface area contributed by atoms with Gasteiger partial charge in [0, 0.05) is 35.4 Å². The summed E-state index contributed by atoms with van der Waals surface area (Å²) in [5.74, 6) is -2.44. The fourth-order valence-corrected chi connectivity index (χ4v) is 8.19. The van der Waals surface area contributed by atoms with Gasteiger partial charge in [0.25, 0.3) is 5.91 Å². The molecule has 4 amide bonds. The number of aromatic nitrogens is 1. The molecule has 6 rings (SSSR count). The number of benzene rings is 2. The molecular weight excluding hydrogens is 722 g/mol. The average Bonchev–Trinajstić information content (AvgIpc) is 4.06. The van der Waals surface area contributed by atoms with Crippen LogP contribution in [-0.4, -0.2) is 90.4 Å². The van der Waals surface area contributed by atoms with Gasteiger partial charge in [-0.3, -0.25) is 23.9 Å². The highest BCUT2D eigenvalue weighted by molar-refractivity contribution is 7.91. The Morgan fingerprint density at radius 1 is 1.11 bits per heavy atom. The number of pyridine rings is 1. The molecule has 3 fully saturated rings. The van der Waals surface area contributed by atoms with E-state index in [0.29, 0.717) is 40.9 Å². The molecule has 0 spiro atoms. The second-order valence-electron chi connectivity index (χ2n) is 14.9. The van der Waals surface area contributed by atoms with E-state index >= 15 is 0 Å². The summed E-state index contributed by atoms with van der Waals surface area (Å²) in [6.07, 6.45) is 1.85. The van der Waals surface area contributed by atoms with Gasteiger partial charge in [0.2, 0.25) is 27.7 Å². The van der Waals surface area contributed by atoms with Crippen LogP contribution in [0.25, 0.3) is 22.2 Å². The van der Waals surface area contributed by atoms with Crippen LogP contribution in [0, 0.1) is 11.3 Å². The van der Waals surface area contributed by atoms with Crippen molar-refractivity contribution < 1.29 is 37.1 Å². The first-order chi connectivity index (χ1) is 25.1. The summed E-state index contributed by atoms with van der Waals surface area (Å²) in [4.78, 5) is 60.9. The summed E-state index contributed by atoms with van der Waals surface area (Å²) < 4.78 is 39.7. The van der Waals surface area contributed by atoms with Crippen LogP contribution in [0.2, 0.25) is 0 Å². The molecule has 2 heterocycles. The van der Waals surface area contributed by atoms with Gasteiger partial charge in [-0.15, -0.1) is 18.2 Å². The molecule has 3 N–H and O–H groups in total. The molecule has 3 aromatic rings. The minimum Gasteiger partial charge on any atom is -0.497 e. The van der Waals surface area contributed by atoms with E-state index in [-0.39, 0.29) is 25.3 Å². The predicted molar refractivity (Wildman–Crippen MR) is 200 cm³/mol. The second-order valence-corrected chi connectivity index (χ2v) is 17.1. The summed E-state index contributed by atoms with van der Waals surface area (Å²) in [6.45, 7) is 9.08. The third-order valence-corrected chi connectivity index (χ3v) is 12.0. The lowest BCUT2D eigenvalue weighted by Gasteiger charge is -2.35. The minimum absolute atomic E-state index is 0.0232. The standard InChI is InChI=1S/C38H44ClN5O8S/c1-6-23-19-38(23,36(48)43-53(49,50)26-13-14-26)42-34(46)30-17-25(21-44(30)35(47)33(37(2,3)4)41-32(45)20-39)52-31-18-28(22-10-8-7-9-11-22)40-29-16-24(51-5)12-15-27(29)31/h6-12,15-16,18,23,25-26,30,33H,1,13-14,17,19-21H2,2-5H3,(H,41,45)(H,42,46)(H,43,48)/t23-,25?,30?,33-,38-/m1/s1. The molecule has 5 atom stereocenters. The lowest BCUT2D eigenvalue weighted by molar-refractivity contribution is -0.144. The molecule has 2 saturated carbocycles. The fraction of sp³-hybridized carbons (Fsp3) is 0.447. The van der Waals surface area contributed by atoms with Crippen molar-refractivity contribution in [2.24, 2.45) is 11.3 Å². The summed E-state index contributed by atoms with van der Waals surface area (Å²) in [6, 6.07) is 14.5. The van der Waals surface area contributed by atoms with Gasteiger partial charge in [-0.2, -0.15) is 0 Å². The van der Waals surface area contributed by atoms with Crippen molar-refractivity contribution in [1.82, 2.24) is 25.2 Å². The van der Waals surface area contributed by atoms with Crippen molar-refractivity contribution in [3.05, 3.63) is 67.3 Å². The maximum absolute atomic E-state index is 14.4. The molecule has 1 aromatic heterocycles. The normalized spacial score (nSPS) is 23.1. The lowest BCUT2D eigenvalue weighted by Crippen LogP contribution is -2.60. The van der Waals surface area contributed by atoms with E-state index in [2.05, 4.69) is 21.9 Å². The first kappa shape index (κ1) is 38.0. The number of carbonyl (C=O) groups excluding carboxylic acids is 4. The number of ether oxygens (including phenoxy) is 2. The molecule has 2 aliphatic carbocycles. The fourth-order valence-electron chi connectivity index (χ4n) is 6.75. The maximum atomic E-state index is 14.4. The smallest absolute Gasteiger partial charge is 0.259 e. The van der Waals surface area contributed by atoms with E-state index < -0.39 is 74.0 Å². The summed E-state index contributed by atoms with van der Waals surface area (Å²) in [5.41, 5.74) is -0.256. The minimum atomic E-state index is -3.91. The number of amides is 4. The highest BCUT2D eigenvalue weighted by Crippen LogP contribution is 2.46. The number of hydrogen-bond donors (Lipinski definition) is 3. The van der Waals surface area contributed by atoms with Crippen LogP contribution >= 0.6 is 11.6 Å². The topological polar surface area (TPSA) is 173 Å². The first-order valence-electron chi connectivity index (χ1n) is 17.5. The van der Waals surface area contributed by atoms with Crippen molar-refractivity contribution in [3.8, 4) is 22.8 Å². The number of halogens is 1. The van der Waals surface area contributed by atoms with Crippen molar-refractivity contribution in [2.75, 3.05) is 19.5 Å². The van der Waals surface area contributed by atoms with Crippen molar-refractivity contribution in [1.29, 1.82) is 0 Å². The van der Waals surface area contributed by atoms with E-state index in [1.54, 1.807) is 46.1 Å². The molecule has 282 valence electrons. The Hall–Kier alpha value is -4.69. The van der Waals surface area contributed by atoms with Crippen LogP contribution < -0.4 is 24.8 Å². The molecule has 15 heteroatoms. The molecule has 0 radical (unpaired) electrons. The van der Waals surface area contributed by atoms with Crippen LogP contribution in [0.5, 0.6) is 11.5 Å². The molecule has 0 bridgehead atoms. The zero-order chi connectivity index (χ0) is 38.3. The lowest BCUT2D eigenvalue weighted by atomic mass is 9.85. The van der Waals surface area contributed by atoms with Gasteiger partial charge < -0.3 is 25.0 Å². The van der Waals surface area contributed by atoms with E-state index in [0.717, 1.165) is 5.56 Å². The van der Waals surface area contributed by atoms with Crippen molar-refractivity contribution >= 4 is 56.2 Å². The van der Waals surface area contributed by atoms with Crippen LogP contribution in [0.15, 0.2) is 67.3 Å². The molecule has 2 unspecified atom stereocenters. The number of methoxy groups -OCH3 is 1. The molecule has 1 aliphatic heterocycles. The Labute approximate surface area is 313 Å². The number of fused-ring (bicyclic) bond motifs is 1. The number of likely N-dealkylation sites (tertiary alicyclic amines) is 1. The number of nitrogens with one attached hydrogen (secondary N) is 3. The van der Waals surface area contributed by atoms with Gasteiger partial charge in [-0.25, -0.2) is 13.4 Å². The second kappa shape index (κ2) is 14.6. The first-order valence-corrected chi connectivity index (χ1v) is 19.6. The maximum Gasteiger partial charge on any atom is 0.259 e. The zero-order valence-electron chi connectivity index (χ0n) is 30.1. The van der Waals surface area contributed by atoms with Gasteiger partial charge in [0.15, 0.2) is 0 Å². The molecule has 3 aliphatic rings. The van der Waals surface area contributed by atoms with E-state index in [9.17, 15) is 27.6 Å². The Balaban J connectivity index is 1.34. The zero-order valence-corrected chi connectivity index (χ0v) is 31.6. The monoisotopic (exact) mass is 765 g/mol. The van der Waals surface area contributed by atoms with Gasteiger partial charge in [-0.05, 0) is 36.8 Å². The van der Waals surface area contributed by atoms with Gasteiger partial charge in [0.1, 0.15) is 41.1 Å². The number of hydrogen-bond acceptors (Lipinski definition) is 9. The van der Waals surface area contributed by atoms with Gasteiger partial charge >= 0.3 is 0 Å². The predicted octanol–water partition coefficient (Wildman–Crippen LogP) is 3.70. The number of rotatable bonds is 13. The van der Waals surface area contributed by atoms with E-state index in [1.807, 2.05) is 36.4 Å². The number of sulfonamides is 1. The molecule has 13 nitrogen and oxygen atoms in total. The van der Waals surface area contributed by atoms with Crippen LogP contribution in [0.1, 0.15) is 46.5 Å². The van der Waals surface area contributed by atoms with Crippen LogP contribution in [0.4, 0.5) is 0 Å². The highest BCUT2D eigenvalue weighted by atomic mass is 35.5. The molecule has 1 saturated heterocycles. The average molecular weight is 766 g/mol. The third kappa shape index (κ3) is 7.98. The Kier molecular flexibility index (Phi) is 10.5. The van der Waals surface area contributed by atoms with E-state index in [4.69, 9.17) is 26.1 Å². The van der Waals surface area contributed by atoms with Gasteiger partial charge in [-0.1, -0.05) is 57.2 Å². The Morgan fingerprint density at radius 2 is 1.83 bits per heavy atom. The quantitative estimate of drug-likeness (QED) is 0.173. The summed E-state index contributed by atoms with van der Waals surface area (Å²) in [5, 5.41) is 5.53. The Bertz CT molecular complexity index is 2050. The third-order valence-electron chi connectivity index (χ3n) is 9.98. The SMILES string of the molecule is C=C[C@@H]1C[C@]1(NC(=O)C1CC(Oc2cc(-c3ccccc3)nc3cc(OC)ccc23)CN1C(=O)[C@@H](NC(=O)CCl)C(C)(C)C)C(=O)NS(=O)(=O)C1CC1. The molecular formula is C38H44ClN5O8S. The molecule has 53 heavy (non-hydrogen) atoms. The highest BCUT2D eigenvalue weighted by Gasteiger charge is 2.62. The van der Waals surface area contributed by atoms with Crippen molar-refractivity contribution in [2.45, 2.75) is 75.4 Å². The van der Waals surface area contributed by atoms with Gasteiger partial charge in [0.05, 0.1) is 30.1 Å². The van der Waals surface area contributed by atoms with Crippen LogP contribution in [0.3, 0.4) is 0 Å². The number of nitrogens with zero attached hydrogens (tertiary/aromatic N) is 2. The Morgan fingerprint density at radius 3 is 2.43 bits per heavy atom. The van der Waals surface area contributed by atoms with E-state index in [1.165, 1.54) is 11.0 Å². The van der Waals surface area contributed by atoms with Crippen LogP contribution in [-0.2, 0) is 29.2 Å². The molecule has 2 aromatic carbocycles. The summed E-state index contributed by atoms with van der Waals surface area (Å²) >= 11 is 5.81. The number of carbonyl (C=O) groups is 4.